The Morgan fingerprint density at radius 3 is 2.34 bits per heavy atom. The summed E-state index contributed by atoms with van der Waals surface area (Å²) in [6, 6.07) is 14.9. The van der Waals surface area contributed by atoms with Crippen molar-refractivity contribution in [2.45, 2.75) is 24.6 Å². The Morgan fingerprint density at radius 1 is 0.969 bits per heavy atom. The molecular formula is C22H18Cl2F3NO3S. The normalized spacial score (nSPS) is 11.9. The minimum absolute atomic E-state index is 0.00500. The molecule has 0 heterocycles. The summed E-state index contributed by atoms with van der Waals surface area (Å²) in [4.78, 5) is -0.451. The minimum Gasteiger partial charge on any atom is -0.489 e. The van der Waals surface area contributed by atoms with Crippen LogP contribution < -0.4 is 9.04 Å². The highest BCUT2D eigenvalue weighted by Crippen LogP contribution is 2.33. The van der Waals surface area contributed by atoms with Crippen molar-refractivity contribution in [1.29, 1.82) is 0 Å². The number of alkyl halides is 3. The first-order chi connectivity index (χ1) is 15.0. The Bertz CT molecular complexity index is 1220. The summed E-state index contributed by atoms with van der Waals surface area (Å²) in [7, 11) is -4.24. The minimum atomic E-state index is -4.65. The van der Waals surface area contributed by atoms with Crippen molar-refractivity contribution in [3.05, 3.63) is 87.9 Å². The third-order valence-electron chi connectivity index (χ3n) is 4.55. The molecular weight excluding hydrogens is 486 g/mol. The number of nitrogens with zero attached hydrogens (tertiary/aromatic N) is 1. The van der Waals surface area contributed by atoms with E-state index in [0.717, 1.165) is 22.5 Å². The average molecular weight is 504 g/mol. The van der Waals surface area contributed by atoms with Crippen LogP contribution in [0.1, 0.15) is 18.1 Å². The van der Waals surface area contributed by atoms with Crippen LogP contribution in [-0.4, -0.2) is 15.0 Å². The first-order valence-electron chi connectivity index (χ1n) is 9.39. The largest absolute Gasteiger partial charge is 0.489 e. The quantitative estimate of drug-likeness (QED) is 0.355. The summed E-state index contributed by atoms with van der Waals surface area (Å²) in [6.45, 7) is 1.71. The van der Waals surface area contributed by atoms with Gasteiger partial charge in [0.1, 0.15) is 12.4 Å². The number of rotatable bonds is 7. The zero-order valence-corrected chi connectivity index (χ0v) is 19.1. The number of anilines is 1. The van der Waals surface area contributed by atoms with Gasteiger partial charge in [0.25, 0.3) is 10.0 Å². The topological polar surface area (TPSA) is 46.6 Å². The second kappa shape index (κ2) is 9.60. The summed E-state index contributed by atoms with van der Waals surface area (Å²) >= 11 is 12.0. The maximum Gasteiger partial charge on any atom is 0.416 e. The van der Waals surface area contributed by atoms with Gasteiger partial charge in [-0.2, -0.15) is 13.2 Å². The summed E-state index contributed by atoms with van der Waals surface area (Å²) in [6.07, 6.45) is -4.65. The van der Waals surface area contributed by atoms with Crippen LogP contribution in [-0.2, 0) is 22.8 Å². The lowest BCUT2D eigenvalue weighted by Gasteiger charge is -2.24. The maximum atomic E-state index is 13.1. The van der Waals surface area contributed by atoms with E-state index in [1.165, 1.54) is 12.1 Å². The average Bonchev–Trinajstić information content (AvgIpc) is 2.73. The molecule has 170 valence electrons. The van der Waals surface area contributed by atoms with Gasteiger partial charge in [-0.3, -0.25) is 4.31 Å². The van der Waals surface area contributed by atoms with Crippen molar-refractivity contribution >= 4 is 38.9 Å². The molecule has 0 atom stereocenters. The number of benzene rings is 3. The molecule has 0 saturated heterocycles. The molecule has 0 aromatic heterocycles. The molecule has 0 unspecified atom stereocenters. The van der Waals surface area contributed by atoms with Crippen LogP contribution in [0.15, 0.2) is 71.6 Å². The summed E-state index contributed by atoms with van der Waals surface area (Å²) in [5.41, 5.74) is -0.0958. The van der Waals surface area contributed by atoms with Gasteiger partial charge in [0.2, 0.25) is 0 Å². The van der Waals surface area contributed by atoms with Gasteiger partial charge in [-0.25, -0.2) is 8.42 Å². The Kier molecular flexibility index (Phi) is 7.27. The highest BCUT2D eigenvalue weighted by Gasteiger charge is 2.33. The van der Waals surface area contributed by atoms with Crippen molar-refractivity contribution in [2.24, 2.45) is 0 Å². The zero-order chi connectivity index (χ0) is 23.5. The van der Waals surface area contributed by atoms with E-state index in [1.54, 1.807) is 37.3 Å². The molecule has 0 aliphatic rings. The van der Waals surface area contributed by atoms with Crippen molar-refractivity contribution in [3.63, 3.8) is 0 Å². The molecule has 0 fully saturated rings. The number of sulfonamides is 1. The summed E-state index contributed by atoms with van der Waals surface area (Å²) in [5, 5.41) is 0.912. The fraction of sp³-hybridized carbons (Fsp3) is 0.182. The molecule has 0 aliphatic carbocycles. The molecule has 32 heavy (non-hydrogen) atoms. The lowest BCUT2D eigenvalue weighted by molar-refractivity contribution is -0.137. The molecule has 3 aromatic rings. The van der Waals surface area contributed by atoms with Gasteiger partial charge in [0, 0.05) is 28.2 Å². The van der Waals surface area contributed by atoms with Gasteiger partial charge < -0.3 is 4.74 Å². The lowest BCUT2D eigenvalue weighted by Crippen LogP contribution is -2.31. The van der Waals surface area contributed by atoms with Crippen molar-refractivity contribution in [1.82, 2.24) is 0 Å². The monoisotopic (exact) mass is 503 g/mol. The van der Waals surface area contributed by atoms with Gasteiger partial charge in [0.05, 0.1) is 16.1 Å². The number of hydrogen-bond acceptors (Lipinski definition) is 3. The second-order valence-electron chi connectivity index (χ2n) is 6.72. The Balaban J connectivity index is 1.87. The van der Waals surface area contributed by atoms with E-state index in [1.807, 2.05) is 0 Å². The third kappa shape index (κ3) is 5.49. The summed E-state index contributed by atoms with van der Waals surface area (Å²) in [5.74, 6) is 0.367. The van der Waals surface area contributed by atoms with Crippen LogP contribution in [0.3, 0.4) is 0 Å². The van der Waals surface area contributed by atoms with Crippen molar-refractivity contribution < 1.29 is 26.3 Å². The number of ether oxygens (including phenoxy) is 1. The standard InChI is InChI=1S/C22H18Cl2F3NO3S/c1-2-28(32(29,30)20-8-3-5-16(11-20)22(25,26)27)18-6-4-7-19(13-18)31-14-15-9-10-17(23)12-21(15)24/h3-13H,2,14H2,1H3. The van der Waals surface area contributed by atoms with Crippen LogP contribution >= 0.6 is 23.2 Å². The predicted molar refractivity (Wildman–Crippen MR) is 119 cm³/mol. The smallest absolute Gasteiger partial charge is 0.416 e. The van der Waals surface area contributed by atoms with Gasteiger partial charge in [-0.1, -0.05) is 41.4 Å². The van der Waals surface area contributed by atoms with Crippen LogP contribution in [0.25, 0.3) is 0 Å². The van der Waals surface area contributed by atoms with Crippen molar-refractivity contribution in [2.75, 3.05) is 10.8 Å². The highest BCUT2D eigenvalue weighted by atomic mass is 35.5. The van der Waals surface area contributed by atoms with E-state index in [2.05, 4.69) is 0 Å². The van der Waals surface area contributed by atoms with E-state index in [4.69, 9.17) is 27.9 Å². The number of halogens is 5. The number of hydrogen-bond donors (Lipinski definition) is 0. The van der Waals surface area contributed by atoms with E-state index in [-0.39, 0.29) is 18.8 Å². The fourth-order valence-corrected chi connectivity index (χ4v) is 4.95. The molecule has 3 aromatic carbocycles. The van der Waals surface area contributed by atoms with E-state index in [9.17, 15) is 21.6 Å². The molecule has 0 amide bonds. The predicted octanol–water partition coefficient (Wildman–Crippen LogP) is 6.81. The zero-order valence-electron chi connectivity index (χ0n) is 16.7. The Morgan fingerprint density at radius 2 is 1.69 bits per heavy atom. The Labute approximate surface area is 194 Å². The first kappa shape index (κ1) is 24.2. The van der Waals surface area contributed by atoms with Gasteiger partial charge in [-0.15, -0.1) is 0 Å². The SMILES string of the molecule is CCN(c1cccc(OCc2ccc(Cl)cc2Cl)c1)S(=O)(=O)c1cccc(C(F)(F)F)c1. The van der Waals surface area contributed by atoms with Crippen molar-refractivity contribution in [3.8, 4) is 5.75 Å². The molecule has 0 bridgehead atoms. The van der Waals surface area contributed by atoms with E-state index in [0.29, 0.717) is 27.4 Å². The molecule has 0 saturated carbocycles. The lowest BCUT2D eigenvalue weighted by atomic mass is 10.2. The molecule has 10 heteroatoms. The highest BCUT2D eigenvalue weighted by molar-refractivity contribution is 7.92. The molecule has 0 spiro atoms. The maximum absolute atomic E-state index is 13.1. The van der Waals surface area contributed by atoms with Gasteiger partial charge >= 0.3 is 6.18 Å². The van der Waals surface area contributed by atoms with Gasteiger partial charge in [-0.05, 0) is 49.4 Å². The van der Waals surface area contributed by atoms with Gasteiger partial charge in [0.15, 0.2) is 0 Å². The van der Waals surface area contributed by atoms with Crippen LogP contribution in [0.5, 0.6) is 5.75 Å². The van der Waals surface area contributed by atoms with E-state index >= 15 is 0 Å². The third-order valence-corrected chi connectivity index (χ3v) is 7.04. The van der Waals surface area contributed by atoms with Crippen LogP contribution in [0.2, 0.25) is 10.0 Å². The molecule has 3 rings (SSSR count). The molecule has 4 nitrogen and oxygen atoms in total. The molecule has 0 N–H and O–H groups in total. The fourth-order valence-electron chi connectivity index (χ4n) is 2.98. The van der Waals surface area contributed by atoms with E-state index < -0.39 is 26.7 Å². The first-order valence-corrected chi connectivity index (χ1v) is 11.6. The molecule has 0 aliphatic heterocycles. The van der Waals surface area contributed by atoms with Crippen LogP contribution in [0.4, 0.5) is 18.9 Å². The van der Waals surface area contributed by atoms with Crippen LogP contribution in [0, 0.1) is 0 Å². The summed E-state index contributed by atoms with van der Waals surface area (Å²) < 4.78 is 72.1. The molecule has 0 radical (unpaired) electrons. The second-order valence-corrected chi connectivity index (χ2v) is 9.42. The Hall–Kier alpha value is -2.42.